The van der Waals surface area contributed by atoms with Crippen LogP contribution in [0.3, 0.4) is 0 Å². The lowest BCUT2D eigenvalue weighted by Crippen LogP contribution is -2.35. The Hall–Kier alpha value is -0.355. The monoisotopic (exact) mass is 197 g/mol. The molecule has 2 rings (SSSR count). The number of hydrogen-bond acceptors (Lipinski definition) is 4. The summed E-state index contributed by atoms with van der Waals surface area (Å²) in [7, 11) is 1.97. The summed E-state index contributed by atoms with van der Waals surface area (Å²) in [6.45, 7) is 2.20. The van der Waals surface area contributed by atoms with Gasteiger partial charge in [-0.25, -0.2) is 0 Å². The lowest BCUT2D eigenvalue weighted by atomic mass is 9.98. The van der Waals surface area contributed by atoms with E-state index in [4.69, 9.17) is 14.6 Å². The van der Waals surface area contributed by atoms with E-state index in [2.05, 4.69) is 0 Å². The standard InChI is InChI=1S/C9H14BO4/c1-5-9(13-4-6-2-10-6)8(12)7(3-11)14-5/h2,5,7-9,11-12H,3-4H2,1H3/t5-,7+,8-,9?/m0/s1. The highest BCUT2D eigenvalue weighted by Gasteiger charge is 2.41. The average Bonchev–Trinajstić information content (AvgIpc) is 2.93. The number of ether oxygens (including phenoxy) is 2. The van der Waals surface area contributed by atoms with Gasteiger partial charge in [0, 0.05) is 0 Å². The third-order valence-electron chi connectivity index (χ3n) is 2.59. The Morgan fingerprint density at radius 2 is 2.36 bits per heavy atom. The Bertz CT molecular complexity index is 243. The smallest absolute Gasteiger partial charge is 0.176 e. The molecule has 4 atom stereocenters. The first kappa shape index (κ1) is 10.2. The van der Waals surface area contributed by atoms with Gasteiger partial charge in [0.15, 0.2) is 7.28 Å². The van der Waals surface area contributed by atoms with E-state index in [-0.39, 0.29) is 18.8 Å². The van der Waals surface area contributed by atoms with Crippen molar-refractivity contribution >= 4 is 7.28 Å². The molecule has 5 heteroatoms. The molecule has 0 saturated carbocycles. The molecule has 0 bridgehead atoms. The lowest BCUT2D eigenvalue weighted by molar-refractivity contribution is -0.0220. The second kappa shape index (κ2) is 4.02. The first-order valence-corrected chi connectivity index (χ1v) is 4.82. The van der Waals surface area contributed by atoms with Crippen molar-refractivity contribution in [1.29, 1.82) is 0 Å². The zero-order chi connectivity index (χ0) is 10.1. The van der Waals surface area contributed by atoms with E-state index >= 15 is 0 Å². The van der Waals surface area contributed by atoms with Gasteiger partial charge in [0.1, 0.15) is 18.3 Å². The SMILES string of the molecule is C[C@@H]1O[C@H](CO)[C@H](O)C1OCC1=C[B]1. The Morgan fingerprint density at radius 3 is 2.86 bits per heavy atom. The summed E-state index contributed by atoms with van der Waals surface area (Å²) in [5.74, 6) is 1.97. The first-order chi connectivity index (χ1) is 6.72. The van der Waals surface area contributed by atoms with E-state index < -0.39 is 12.2 Å². The van der Waals surface area contributed by atoms with Crippen molar-refractivity contribution < 1.29 is 19.7 Å². The van der Waals surface area contributed by atoms with Gasteiger partial charge in [-0.15, -0.1) is 5.98 Å². The fourth-order valence-electron chi connectivity index (χ4n) is 1.66. The van der Waals surface area contributed by atoms with Gasteiger partial charge in [-0.1, -0.05) is 5.47 Å². The summed E-state index contributed by atoms with van der Waals surface area (Å²) >= 11 is 0. The predicted molar refractivity (Wildman–Crippen MR) is 51.0 cm³/mol. The molecule has 0 aliphatic carbocycles. The van der Waals surface area contributed by atoms with Crippen LogP contribution in [0.1, 0.15) is 6.92 Å². The second-order valence-corrected chi connectivity index (χ2v) is 3.74. The molecule has 0 amide bonds. The number of aliphatic hydroxyl groups excluding tert-OH is 2. The van der Waals surface area contributed by atoms with Crippen LogP contribution in [-0.2, 0) is 9.47 Å². The zero-order valence-electron chi connectivity index (χ0n) is 8.09. The number of rotatable bonds is 4. The van der Waals surface area contributed by atoms with Crippen LogP contribution in [0.4, 0.5) is 0 Å². The maximum absolute atomic E-state index is 9.71. The third kappa shape index (κ3) is 2.01. The topological polar surface area (TPSA) is 58.9 Å². The van der Waals surface area contributed by atoms with Crippen molar-refractivity contribution in [3.63, 3.8) is 0 Å². The van der Waals surface area contributed by atoms with Gasteiger partial charge >= 0.3 is 0 Å². The van der Waals surface area contributed by atoms with Crippen LogP contribution >= 0.6 is 0 Å². The normalized spacial score (nSPS) is 40.6. The molecule has 1 fully saturated rings. The first-order valence-electron chi connectivity index (χ1n) is 4.82. The van der Waals surface area contributed by atoms with Gasteiger partial charge in [0.25, 0.3) is 0 Å². The molecule has 1 radical (unpaired) electrons. The van der Waals surface area contributed by atoms with Gasteiger partial charge in [0.05, 0.1) is 19.3 Å². The van der Waals surface area contributed by atoms with Gasteiger partial charge in [0.2, 0.25) is 0 Å². The van der Waals surface area contributed by atoms with E-state index in [1.807, 2.05) is 20.2 Å². The van der Waals surface area contributed by atoms with Crippen LogP contribution in [0, 0.1) is 0 Å². The molecule has 2 aliphatic rings. The van der Waals surface area contributed by atoms with Crippen molar-refractivity contribution in [2.75, 3.05) is 13.2 Å². The van der Waals surface area contributed by atoms with Gasteiger partial charge in [-0.2, -0.15) is 0 Å². The minimum atomic E-state index is -0.727. The Balaban J connectivity index is 1.85. The maximum Gasteiger partial charge on any atom is 0.176 e. The van der Waals surface area contributed by atoms with Gasteiger partial charge in [-0.3, -0.25) is 0 Å². The summed E-state index contributed by atoms with van der Waals surface area (Å²) < 4.78 is 10.8. The molecule has 14 heavy (non-hydrogen) atoms. The summed E-state index contributed by atoms with van der Waals surface area (Å²) in [6, 6.07) is 0. The molecule has 2 heterocycles. The zero-order valence-corrected chi connectivity index (χ0v) is 8.09. The highest BCUT2D eigenvalue weighted by Crippen LogP contribution is 2.24. The molecule has 0 spiro atoms. The van der Waals surface area contributed by atoms with E-state index in [0.717, 1.165) is 5.47 Å². The van der Waals surface area contributed by atoms with E-state index in [0.29, 0.717) is 6.61 Å². The van der Waals surface area contributed by atoms with Crippen LogP contribution < -0.4 is 0 Å². The van der Waals surface area contributed by atoms with Crippen molar-refractivity contribution in [2.45, 2.75) is 31.3 Å². The van der Waals surface area contributed by atoms with Crippen LogP contribution in [0.25, 0.3) is 0 Å². The number of aliphatic hydroxyl groups is 2. The summed E-state index contributed by atoms with van der Waals surface area (Å²) in [5.41, 5.74) is 1.15. The van der Waals surface area contributed by atoms with Crippen LogP contribution in [0.2, 0.25) is 0 Å². The van der Waals surface area contributed by atoms with E-state index in [1.54, 1.807) is 0 Å². The minimum Gasteiger partial charge on any atom is -0.394 e. The van der Waals surface area contributed by atoms with Gasteiger partial charge in [-0.05, 0) is 6.92 Å². The fourth-order valence-corrected chi connectivity index (χ4v) is 1.66. The molecule has 1 saturated heterocycles. The van der Waals surface area contributed by atoms with Crippen molar-refractivity contribution in [3.05, 3.63) is 11.4 Å². The quantitative estimate of drug-likeness (QED) is 0.571. The summed E-state index contributed by atoms with van der Waals surface area (Å²) in [5, 5.41) is 18.6. The highest BCUT2D eigenvalue weighted by atomic mass is 16.6. The minimum absolute atomic E-state index is 0.165. The van der Waals surface area contributed by atoms with Crippen LogP contribution in [0.15, 0.2) is 11.4 Å². The van der Waals surface area contributed by atoms with E-state index in [9.17, 15) is 5.11 Å². The largest absolute Gasteiger partial charge is 0.394 e. The van der Waals surface area contributed by atoms with Gasteiger partial charge < -0.3 is 19.7 Å². The second-order valence-electron chi connectivity index (χ2n) is 3.74. The highest BCUT2D eigenvalue weighted by molar-refractivity contribution is 6.63. The molecular formula is C9H14BO4. The van der Waals surface area contributed by atoms with Crippen LogP contribution in [-0.4, -0.2) is 55.1 Å². The van der Waals surface area contributed by atoms with E-state index in [1.165, 1.54) is 0 Å². The molecule has 0 aromatic rings. The molecule has 2 N–H and O–H groups in total. The molecular weight excluding hydrogens is 183 g/mol. The molecule has 2 aliphatic heterocycles. The third-order valence-corrected chi connectivity index (χ3v) is 2.59. The lowest BCUT2D eigenvalue weighted by Gasteiger charge is -2.17. The Labute approximate surface area is 83.8 Å². The number of hydrogen-bond donors (Lipinski definition) is 2. The molecule has 0 aromatic carbocycles. The molecule has 1 unspecified atom stereocenters. The van der Waals surface area contributed by atoms with Crippen molar-refractivity contribution in [2.24, 2.45) is 0 Å². The molecule has 77 valence electrons. The van der Waals surface area contributed by atoms with Crippen molar-refractivity contribution in [1.82, 2.24) is 0 Å². The summed E-state index contributed by atoms with van der Waals surface area (Å²) in [6.07, 6.45) is -1.73. The molecule has 0 aromatic heterocycles. The predicted octanol–water partition coefficient (Wildman–Crippen LogP) is -0.929. The van der Waals surface area contributed by atoms with Crippen molar-refractivity contribution in [3.8, 4) is 0 Å². The maximum atomic E-state index is 9.71. The van der Waals surface area contributed by atoms with Crippen LogP contribution in [0.5, 0.6) is 0 Å². The Morgan fingerprint density at radius 1 is 1.64 bits per heavy atom. The summed E-state index contributed by atoms with van der Waals surface area (Å²) in [4.78, 5) is 0. The fraction of sp³-hybridized carbons (Fsp3) is 0.778. The average molecular weight is 197 g/mol. The Kier molecular flexibility index (Phi) is 2.92. The molecule has 4 nitrogen and oxygen atoms in total.